The van der Waals surface area contributed by atoms with Crippen LogP contribution in [0.4, 0.5) is 0 Å². The van der Waals surface area contributed by atoms with Gasteiger partial charge in [-0.25, -0.2) is 0 Å². The van der Waals surface area contributed by atoms with Gasteiger partial charge in [-0.1, -0.05) is 44.2 Å². The van der Waals surface area contributed by atoms with E-state index in [1.807, 2.05) is 0 Å². The first-order valence-electron chi connectivity index (χ1n) is 20.9. The maximum Gasteiger partial charge on any atom is 0.136 e. The van der Waals surface area contributed by atoms with Crippen molar-refractivity contribution in [3.05, 3.63) is 94.8 Å². The highest BCUT2D eigenvalue weighted by Gasteiger charge is 2.54. The molecule has 4 heterocycles. The number of benzene rings is 4. The first-order chi connectivity index (χ1) is 26.4. The maximum absolute atomic E-state index is 11.0. The summed E-state index contributed by atoms with van der Waals surface area (Å²) in [5, 5.41) is 18.9. The van der Waals surface area contributed by atoms with E-state index in [1.165, 1.54) is 141 Å². The molecule has 4 nitrogen and oxygen atoms in total. The van der Waals surface area contributed by atoms with Crippen molar-refractivity contribution < 1.29 is 4.42 Å². The standard InChI is InChI=1S/C50H43N3O/c1-49-19-27-11-28(20-49)22-50(2,21-27)48-46(49)45-36-17-29(33-7-5-9-40-43(33)34-6-3-4-8-39(34)54-40)16-35-44-37(53(47(35)36)38(45)24-52-48)18-32(23-51)41-30-12-25-10-26(13-30)15-31(14-25)42(41)44/h3-9,16-18,24-28,30-31H,10-15,19-22H2,1-2H3. The number of pyridine rings is 1. The van der Waals surface area contributed by atoms with E-state index >= 15 is 0 Å². The summed E-state index contributed by atoms with van der Waals surface area (Å²) in [4.78, 5) is 5.59. The van der Waals surface area contributed by atoms with Gasteiger partial charge in [0.05, 0.1) is 40.1 Å². The summed E-state index contributed by atoms with van der Waals surface area (Å²) in [6.45, 7) is 5.13. The average Bonchev–Trinajstić information content (AvgIpc) is 3.75. The van der Waals surface area contributed by atoms with Crippen molar-refractivity contribution >= 4 is 60.0 Å². The summed E-state index contributed by atoms with van der Waals surface area (Å²) in [5.74, 6) is 4.14. The molecule has 4 heteroatoms. The molecule has 16 rings (SSSR count). The first-order valence-corrected chi connectivity index (χ1v) is 20.9. The number of rotatable bonds is 1. The summed E-state index contributed by atoms with van der Waals surface area (Å²) in [6, 6.07) is 25.3. The van der Waals surface area contributed by atoms with Gasteiger partial charge in [-0.05, 0) is 163 Å². The Balaban J connectivity index is 1.19. The van der Waals surface area contributed by atoms with Crippen molar-refractivity contribution in [2.45, 2.75) is 101 Å². The molecule has 0 amide bonds. The minimum absolute atomic E-state index is 0.103. The third-order valence-corrected chi connectivity index (χ3v) is 16.4. The minimum Gasteiger partial charge on any atom is -0.456 e. The molecule has 4 saturated carbocycles. The number of nitriles is 1. The van der Waals surface area contributed by atoms with Crippen LogP contribution in [-0.4, -0.2) is 9.38 Å². The topological polar surface area (TPSA) is 54.2 Å². The van der Waals surface area contributed by atoms with Crippen molar-refractivity contribution in [2.75, 3.05) is 0 Å². The third-order valence-electron chi connectivity index (χ3n) is 16.4. The van der Waals surface area contributed by atoms with Crippen molar-refractivity contribution in [1.82, 2.24) is 9.38 Å². The Morgan fingerprint density at radius 2 is 1.37 bits per heavy atom. The summed E-state index contributed by atoms with van der Waals surface area (Å²) >= 11 is 0. The smallest absolute Gasteiger partial charge is 0.136 e. The number of hydrogen-bond donors (Lipinski definition) is 0. The molecule has 0 saturated heterocycles. The van der Waals surface area contributed by atoms with Crippen LogP contribution in [0.2, 0.25) is 0 Å². The van der Waals surface area contributed by atoms with Gasteiger partial charge in [0.25, 0.3) is 0 Å². The van der Waals surface area contributed by atoms with Gasteiger partial charge in [-0.3, -0.25) is 4.98 Å². The molecular formula is C50H43N3O. The highest BCUT2D eigenvalue weighted by molar-refractivity contribution is 6.27. The molecule has 4 aromatic carbocycles. The molecule has 264 valence electrons. The van der Waals surface area contributed by atoms with Crippen molar-refractivity contribution in [3.63, 3.8) is 0 Å². The van der Waals surface area contributed by atoms with Crippen LogP contribution in [0.25, 0.3) is 71.2 Å². The second-order valence-electron chi connectivity index (χ2n) is 19.7. The molecule has 4 atom stereocenters. The lowest BCUT2D eigenvalue weighted by Crippen LogP contribution is -2.39. The van der Waals surface area contributed by atoms with Crippen LogP contribution in [-0.2, 0) is 10.8 Å². The SMILES string of the molecule is CC12CC3CC(C1)CC(C)(C3)c1c2ncc2c1c1cc(-c3cccc4oc5ccccc5c34)cc3c4c5c(c(C#N)cc4n2c31)C1CC2CC(C1)CC5C2. The first kappa shape index (κ1) is 29.5. The molecule has 4 fully saturated rings. The van der Waals surface area contributed by atoms with Crippen molar-refractivity contribution in [2.24, 2.45) is 23.7 Å². The Hall–Kier alpha value is -4.88. The average molecular weight is 702 g/mol. The molecule has 4 unspecified atom stereocenters. The van der Waals surface area contributed by atoms with E-state index in [0.29, 0.717) is 11.8 Å². The summed E-state index contributed by atoms with van der Waals surface area (Å²) < 4.78 is 9.07. The van der Waals surface area contributed by atoms with E-state index in [4.69, 9.17) is 9.40 Å². The monoisotopic (exact) mass is 701 g/mol. The largest absolute Gasteiger partial charge is 0.456 e. The molecule has 54 heavy (non-hydrogen) atoms. The van der Waals surface area contributed by atoms with E-state index in [0.717, 1.165) is 40.4 Å². The van der Waals surface area contributed by atoms with Crippen molar-refractivity contribution in [1.29, 1.82) is 5.26 Å². The van der Waals surface area contributed by atoms with Gasteiger partial charge in [-0.15, -0.1) is 0 Å². The third kappa shape index (κ3) is 3.42. The highest BCUT2D eigenvalue weighted by atomic mass is 16.3. The zero-order chi connectivity index (χ0) is 35.4. The van der Waals surface area contributed by atoms with Gasteiger partial charge >= 0.3 is 0 Å². The minimum atomic E-state index is 0.103. The molecule has 0 radical (unpaired) electrons. The second kappa shape index (κ2) is 9.49. The predicted octanol–water partition coefficient (Wildman–Crippen LogP) is 12.8. The number of hydrogen-bond acceptors (Lipinski definition) is 3. The lowest BCUT2D eigenvalue weighted by Gasteiger charge is -2.46. The van der Waals surface area contributed by atoms with Gasteiger partial charge in [0.15, 0.2) is 0 Å². The van der Waals surface area contributed by atoms with E-state index in [1.54, 1.807) is 5.56 Å². The fourth-order valence-electron chi connectivity index (χ4n) is 15.3. The Kier molecular flexibility index (Phi) is 5.18. The van der Waals surface area contributed by atoms with Crippen LogP contribution in [0.5, 0.6) is 0 Å². The molecule has 0 aliphatic heterocycles. The molecule has 8 aliphatic rings. The van der Waals surface area contributed by atoms with E-state index in [9.17, 15) is 5.26 Å². The van der Waals surface area contributed by atoms with Crippen LogP contribution in [0, 0.1) is 35.0 Å². The number of nitrogens with zero attached hydrogens (tertiary/aromatic N) is 3. The molecule has 8 bridgehead atoms. The van der Waals surface area contributed by atoms with E-state index in [-0.39, 0.29) is 10.8 Å². The maximum atomic E-state index is 11.0. The molecule has 8 aromatic rings. The molecule has 0 N–H and O–H groups in total. The Labute approximate surface area is 314 Å². The molecule has 4 aromatic heterocycles. The van der Waals surface area contributed by atoms with Crippen LogP contribution >= 0.6 is 0 Å². The predicted molar refractivity (Wildman–Crippen MR) is 217 cm³/mol. The lowest BCUT2D eigenvalue weighted by atomic mass is 9.58. The van der Waals surface area contributed by atoms with E-state index < -0.39 is 0 Å². The Morgan fingerprint density at radius 1 is 0.685 bits per heavy atom. The lowest BCUT2D eigenvalue weighted by molar-refractivity contribution is 0.0893. The molecular weight excluding hydrogens is 659 g/mol. The number of aromatic nitrogens is 2. The zero-order valence-corrected chi connectivity index (χ0v) is 31.1. The number of fused-ring (bicyclic) bond motifs is 9. The molecule has 8 aliphatic carbocycles. The van der Waals surface area contributed by atoms with Crippen LogP contribution in [0.15, 0.2) is 71.3 Å². The number of para-hydroxylation sites is 1. The fraction of sp³-hybridized carbons (Fsp3) is 0.400. The second-order valence-corrected chi connectivity index (χ2v) is 19.7. The quantitative estimate of drug-likeness (QED) is 0.171. The van der Waals surface area contributed by atoms with Gasteiger partial charge < -0.3 is 8.82 Å². The highest BCUT2D eigenvalue weighted by Crippen LogP contribution is 2.64. The van der Waals surface area contributed by atoms with Crippen molar-refractivity contribution in [3.8, 4) is 17.2 Å². The van der Waals surface area contributed by atoms with Crippen LogP contribution in [0.3, 0.4) is 0 Å². The summed E-state index contributed by atoms with van der Waals surface area (Å²) in [6.07, 6.45) is 15.1. The van der Waals surface area contributed by atoms with Gasteiger partial charge in [0.1, 0.15) is 11.2 Å². The summed E-state index contributed by atoms with van der Waals surface area (Å²) in [7, 11) is 0. The van der Waals surface area contributed by atoms with Gasteiger partial charge in [0.2, 0.25) is 0 Å². The van der Waals surface area contributed by atoms with E-state index in [2.05, 4.69) is 91.2 Å². The van der Waals surface area contributed by atoms with Crippen LogP contribution in [0.1, 0.15) is 118 Å². The number of furan rings is 1. The Bertz CT molecular complexity index is 3030. The zero-order valence-electron chi connectivity index (χ0n) is 31.1. The van der Waals surface area contributed by atoms with Gasteiger partial charge in [0, 0.05) is 37.7 Å². The van der Waals surface area contributed by atoms with Gasteiger partial charge in [-0.2, -0.15) is 5.26 Å². The summed E-state index contributed by atoms with van der Waals surface area (Å²) in [5.41, 5.74) is 15.2. The van der Waals surface area contributed by atoms with Crippen LogP contribution < -0.4 is 0 Å². The fourth-order valence-corrected chi connectivity index (χ4v) is 15.3. The normalized spacial score (nSPS) is 32.0. The Morgan fingerprint density at radius 3 is 2.15 bits per heavy atom. The molecule has 0 spiro atoms.